The monoisotopic (exact) mass is 291 g/mol. The smallest absolute Gasteiger partial charge is 0.311 e. The highest BCUT2D eigenvalue weighted by molar-refractivity contribution is 5.48. The molecule has 1 atom stereocenters. The molecule has 0 saturated heterocycles. The average Bonchev–Trinajstić information content (AvgIpc) is 2.45. The molecular weight excluding hydrogens is 270 g/mol. The predicted octanol–water partition coefficient (Wildman–Crippen LogP) is 2.95. The van der Waals surface area contributed by atoms with Crippen molar-refractivity contribution in [1.29, 1.82) is 5.26 Å². The normalized spacial score (nSPS) is 13.2. The molecule has 21 heavy (non-hydrogen) atoms. The number of nitro benzene ring substituents is 1. The van der Waals surface area contributed by atoms with Gasteiger partial charge in [-0.3, -0.25) is 15.4 Å². The Balaban J connectivity index is 2.57. The van der Waals surface area contributed by atoms with E-state index in [1.807, 2.05) is 13.8 Å². The number of benzene rings is 1. The molecule has 0 heterocycles. The second kappa shape index (κ2) is 7.60. The second-order valence-electron chi connectivity index (χ2n) is 5.15. The third-order valence-electron chi connectivity index (χ3n) is 3.20. The lowest BCUT2D eigenvalue weighted by molar-refractivity contribution is -0.385. The van der Waals surface area contributed by atoms with E-state index >= 15 is 0 Å². The van der Waals surface area contributed by atoms with Crippen LogP contribution in [0.25, 0.3) is 0 Å². The number of nitrogens with one attached hydrogen (secondary N) is 1. The highest BCUT2D eigenvalue weighted by atomic mass is 16.6. The van der Waals surface area contributed by atoms with Crippen LogP contribution in [0.15, 0.2) is 18.2 Å². The minimum atomic E-state index is -0.586. The summed E-state index contributed by atoms with van der Waals surface area (Å²) < 4.78 is 5.49. The Morgan fingerprint density at radius 3 is 2.81 bits per heavy atom. The number of hydrogen-bond donors (Lipinski definition) is 1. The first-order chi connectivity index (χ1) is 9.91. The van der Waals surface area contributed by atoms with Gasteiger partial charge in [0.25, 0.3) is 0 Å². The van der Waals surface area contributed by atoms with E-state index in [1.165, 1.54) is 6.07 Å². The molecule has 1 aromatic rings. The summed E-state index contributed by atoms with van der Waals surface area (Å²) >= 11 is 0. The maximum atomic E-state index is 11.0. The number of nitro groups is 1. The molecule has 0 aromatic heterocycles. The maximum Gasteiger partial charge on any atom is 0.311 e. The standard InChI is InChI=1S/C15H21N3O3/c1-4-17-15(3,11-16)8-5-9-21-14-7-6-12(2)10-13(14)18(19)20/h6-7,10,17H,4-5,8-9H2,1-3H3. The first kappa shape index (κ1) is 16.9. The zero-order chi connectivity index (χ0) is 15.9. The molecule has 0 aliphatic carbocycles. The molecule has 1 unspecified atom stereocenters. The zero-order valence-electron chi connectivity index (χ0n) is 12.7. The van der Waals surface area contributed by atoms with Gasteiger partial charge in [-0.25, -0.2) is 0 Å². The van der Waals surface area contributed by atoms with Gasteiger partial charge in [0.05, 0.1) is 17.6 Å². The van der Waals surface area contributed by atoms with Crippen molar-refractivity contribution in [2.75, 3.05) is 13.2 Å². The molecule has 0 fully saturated rings. The van der Waals surface area contributed by atoms with Gasteiger partial charge >= 0.3 is 5.69 Å². The Labute approximate surface area is 124 Å². The number of nitrogens with zero attached hydrogens (tertiary/aromatic N) is 2. The predicted molar refractivity (Wildman–Crippen MR) is 80.3 cm³/mol. The summed E-state index contributed by atoms with van der Waals surface area (Å²) in [4.78, 5) is 10.5. The van der Waals surface area contributed by atoms with Crippen LogP contribution in [-0.2, 0) is 0 Å². The van der Waals surface area contributed by atoms with Gasteiger partial charge in [0.2, 0.25) is 0 Å². The highest BCUT2D eigenvalue weighted by Crippen LogP contribution is 2.28. The van der Waals surface area contributed by atoms with Crippen molar-refractivity contribution in [3.63, 3.8) is 0 Å². The van der Waals surface area contributed by atoms with Gasteiger partial charge in [-0.05, 0) is 44.9 Å². The van der Waals surface area contributed by atoms with E-state index in [0.717, 1.165) is 5.56 Å². The fourth-order valence-corrected chi connectivity index (χ4v) is 2.07. The van der Waals surface area contributed by atoms with Crippen LogP contribution in [0, 0.1) is 28.4 Å². The van der Waals surface area contributed by atoms with Crippen LogP contribution < -0.4 is 10.1 Å². The zero-order valence-corrected chi connectivity index (χ0v) is 12.7. The molecule has 6 nitrogen and oxygen atoms in total. The molecule has 1 aromatic carbocycles. The van der Waals surface area contributed by atoms with Crippen LogP contribution in [0.5, 0.6) is 5.75 Å². The summed E-state index contributed by atoms with van der Waals surface area (Å²) in [6, 6.07) is 7.12. The van der Waals surface area contributed by atoms with Crippen molar-refractivity contribution in [2.24, 2.45) is 0 Å². The van der Waals surface area contributed by atoms with E-state index < -0.39 is 10.5 Å². The summed E-state index contributed by atoms with van der Waals surface area (Å²) in [6.07, 6.45) is 1.26. The van der Waals surface area contributed by atoms with Crippen molar-refractivity contribution in [1.82, 2.24) is 5.32 Å². The summed E-state index contributed by atoms with van der Waals surface area (Å²) in [5.41, 5.74) is 0.208. The van der Waals surface area contributed by atoms with E-state index in [9.17, 15) is 10.1 Å². The lowest BCUT2D eigenvalue weighted by Gasteiger charge is -2.22. The number of aryl methyl sites for hydroxylation is 1. The van der Waals surface area contributed by atoms with Crippen LogP contribution in [0.2, 0.25) is 0 Å². The largest absolute Gasteiger partial charge is 0.487 e. The molecule has 1 rings (SSSR count). The third-order valence-corrected chi connectivity index (χ3v) is 3.20. The molecular formula is C15H21N3O3. The third kappa shape index (κ3) is 5.04. The van der Waals surface area contributed by atoms with Gasteiger partial charge < -0.3 is 4.74 Å². The quantitative estimate of drug-likeness (QED) is 0.452. The van der Waals surface area contributed by atoms with Gasteiger partial charge in [0.1, 0.15) is 5.54 Å². The van der Waals surface area contributed by atoms with Crippen LogP contribution in [-0.4, -0.2) is 23.6 Å². The van der Waals surface area contributed by atoms with Gasteiger partial charge in [-0.15, -0.1) is 0 Å². The molecule has 1 N–H and O–H groups in total. The van der Waals surface area contributed by atoms with Gasteiger partial charge in [0, 0.05) is 6.07 Å². The lowest BCUT2D eigenvalue weighted by Crippen LogP contribution is -2.40. The van der Waals surface area contributed by atoms with Gasteiger partial charge in [-0.1, -0.05) is 13.0 Å². The van der Waals surface area contributed by atoms with E-state index in [0.29, 0.717) is 26.0 Å². The average molecular weight is 291 g/mol. The Bertz CT molecular complexity index is 539. The molecule has 0 aliphatic rings. The van der Waals surface area contributed by atoms with E-state index in [2.05, 4.69) is 11.4 Å². The van der Waals surface area contributed by atoms with Gasteiger partial charge in [-0.2, -0.15) is 5.26 Å². The molecule has 0 saturated carbocycles. The molecule has 6 heteroatoms. The summed E-state index contributed by atoms with van der Waals surface area (Å²) in [5, 5.41) is 23.2. The van der Waals surface area contributed by atoms with Crippen LogP contribution in [0.1, 0.15) is 32.3 Å². The molecule has 0 amide bonds. The fraction of sp³-hybridized carbons (Fsp3) is 0.533. The lowest BCUT2D eigenvalue weighted by atomic mass is 9.98. The number of hydrogen-bond acceptors (Lipinski definition) is 5. The van der Waals surface area contributed by atoms with E-state index in [4.69, 9.17) is 10.00 Å². The highest BCUT2D eigenvalue weighted by Gasteiger charge is 2.22. The van der Waals surface area contributed by atoms with Crippen LogP contribution >= 0.6 is 0 Å². The number of nitriles is 1. The molecule has 114 valence electrons. The second-order valence-corrected chi connectivity index (χ2v) is 5.15. The first-order valence-corrected chi connectivity index (χ1v) is 6.96. The Morgan fingerprint density at radius 1 is 1.52 bits per heavy atom. The molecule has 0 bridgehead atoms. The molecule has 0 radical (unpaired) electrons. The first-order valence-electron chi connectivity index (χ1n) is 6.96. The van der Waals surface area contributed by atoms with Crippen molar-refractivity contribution < 1.29 is 9.66 Å². The Kier molecular flexibility index (Phi) is 6.12. The number of rotatable bonds is 8. The Morgan fingerprint density at radius 2 is 2.24 bits per heavy atom. The van der Waals surface area contributed by atoms with Gasteiger partial charge in [0.15, 0.2) is 5.75 Å². The number of ether oxygens (including phenoxy) is 1. The van der Waals surface area contributed by atoms with Crippen molar-refractivity contribution >= 4 is 5.69 Å². The summed E-state index contributed by atoms with van der Waals surface area (Å²) in [7, 11) is 0. The van der Waals surface area contributed by atoms with Crippen molar-refractivity contribution in [3.8, 4) is 11.8 Å². The van der Waals surface area contributed by atoms with Crippen molar-refractivity contribution in [3.05, 3.63) is 33.9 Å². The minimum absolute atomic E-state index is 0.0234. The molecule has 0 aliphatic heterocycles. The van der Waals surface area contributed by atoms with Crippen molar-refractivity contribution in [2.45, 2.75) is 39.2 Å². The topological polar surface area (TPSA) is 88.2 Å². The maximum absolute atomic E-state index is 11.0. The van der Waals surface area contributed by atoms with E-state index in [1.54, 1.807) is 19.1 Å². The minimum Gasteiger partial charge on any atom is -0.487 e. The summed E-state index contributed by atoms with van der Waals surface area (Å²) in [6.45, 7) is 6.64. The van der Waals surface area contributed by atoms with Crippen LogP contribution in [0.4, 0.5) is 5.69 Å². The Hall–Kier alpha value is -2.13. The fourth-order valence-electron chi connectivity index (χ4n) is 2.07. The summed E-state index contributed by atoms with van der Waals surface area (Å²) in [5.74, 6) is 0.271. The van der Waals surface area contributed by atoms with Crippen LogP contribution in [0.3, 0.4) is 0 Å². The molecule has 0 spiro atoms. The SMILES string of the molecule is CCNC(C)(C#N)CCCOc1ccc(C)cc1[N+](=O)[O-]. The van der Waals surface area contributed by atoms with E-state index in [-0.39, 0.29) is 11.4 Å².